The lowest BCUT2D eigenvalue weighted by atomic mass is 10.2. The average Bonchev–Trinajstić information content (AvgIpc) is 3.06. The Balaban J connectivity index is 1.50. The first-order chi connectivity index (χ1) is 12.5. The van der Waals surface area contributed by atoms with Crippen LogP contribution in [0.15, 0.2) is 55.0 Å². The van der Waals surface area contributed by atoms with E-state index in [4.69, 9.17) is 0 Å². The molecule has 0 aliphatic carbocycles. The van der Waals surface area contributed by atoms with E-state index in [1.165, 1.54) is 6.33 Å². The van der Waals surface area contributed by atoms with E-state index >= 15 is 0 Å². The summed E-state index contributed by atoms with van der Waals surface area (Å²) in [6.45, 7) is 2.57. The largest absolute Gasteiger partial charge is 0.369 e. The molecule has 136 valence electrons. The smallest absolute Gasteiger partial charge is 0.215 e. The Morgan fingerprint density at radius 2 is 1.88 bits per heavy atom. The van der Waals surface area contributed by atoms with Gasteiger partial charge in [-0.15, -0.1) is 0 Å². The van der Waals surface area contributed by atoms with Crippen molar-refractivity contribution in [3.63, 3.8) is 0 Å². The summed E-state index contributed by atoms with van der Waals surface area (Å²) in [6, 6.07) is 12.7. The van der Waals surface area contributed by atoms with Crippen molar-refractivity contribution < 1.29 is 8.42 Å². The zero-order chi connectivity index (χ0) is 18.4. The third kappa shape index (κ3) is 5.11. The second kappa shape index (κ2) is 8.07. The molecule has 2 N–H and O–H groups in total. The Kier molecular flexibility index (Phi) is 5.59. The van der Waals surface area contributed by atoms with Gasteiger partial charge in [0.05, 0.1) is 11.4 Å². The first-order valence-corrected chi connectivity index (χ1v) is 9.77. The third-order valence-electron chi connectivity index (χ3n) is 3.56. The van der Waals surface area contributed by atoms with Crippen LogP contribution in [0.25, 0.3) is 5.82 Å². The molecule has 0 aliphatic rings. The van der Waals surface area contributed by atoms with Crippen LogP contribution in [-0.2, 0) is 15.8 Å². The Hall–Kier alpha value is -2.78. The first-order valence-electron chi connectivity index (χ1n) is 8.12. The number of anilines is 1. The molecule has 0 saturated heterocycles. The fourth-order valence-electron chi connectivity index (χ4n) is 2.35. The molecule has 0 amide bonds. The van der Waals surface area contributed by atoms with Crippen LogP contribution < -0.4 is 10.0 Å². The van der Waals surface area contributed by atoms with Crippen LogP contribution in [0.5, 0.6) is 0 Å². The maximum atomic E-state index is 12.1. The molecule has 0 fully saturated rings. The second-order valence-electron chi connectivity index (χ2n) is 5.73. The zero-order valence-electron chi connectivity index (χ0n) is 14.3. The van der Waals surface area contributed by atoms with Gasteiger partial charge in [-0.05, 0) is 18.6 Å². The summed E-state index contributed by atoms with van der Waals surface area (Å²) in [6.07, 6.45) is 3.26. The monoisotopic (exact) mass is 372 g/mol. The first kappa shape index (κ1) is 18.0. The minimum atomic E-state index is -3.37. The molecular formula is C17H20N6O2S. The van der Waals surface area contributed by atoms with Crippen molar-refractivity contribution in [2.24, 2.45) is 0 Å². The highest BCUT2D eigenvalue weighted by Crippen LogP contribution is 2.08. The normalized spacial score (nSPS) is 11.4. The van der Waals surface area contributed by atoms with Gasteiger partial charge in [0, 0.05) is 25.4 Å². The second-order valence-corrected chi connectivity index (χ2v) is 7.54. The Morgan fingerprint density at radius 3 is 2.62 bits per heavy atom. The Bertz CT molecular complexity index is 956. The fraction of sp³-hybridized carbons (Fsp3) is 0.235. The molecule has 2 aromatic heterocycles. The standard InChI is InChI=1S/C17H20N6O2S/c1-14-7-10-23(22-14)17-11-16(19-13-20-17)18-8-9-21-26(24,25)12-15-5-3-2-4-6-15/h2-7,10-11,13,21H,8-9,12H2,1H3,(H,18,19,20). The van der Waals surface area contributed by atoms with Crippen LogP contribution in [0.4, 0.5) is 5.82 Å². The van der Waals surface area contributed by atoms with Gasteiger partial charge in [0.1, 0.15) is 12.1 Å². The molecule has 0 atom stereocenters. The van der Waals surface area contributed by atoms with Crippen molar-refractivity contribution in [3.05, 3.63) is 66.2 Å². The lowest BCUT2D eigenvalue weighted by Crippen LogP contribution is -2.30. The van der Waals surface area contributed by atoms with Crippen LogP contribution in [0.3, 0.4) is 0 Å². The van der Waals surface area contributed by atoms with Crippen molar-refractivity contribution >= 4 is 15.8 Å². The molecule has 0 unspecified atom stereocenters. The van der Waals surface area contributed by atoms with E-state index in [0.29, 0.717) is 18.2 Å². The highest BCUT2D eigenvalue weighted by atomic mass is 32.2. The highest BCUT2D eigenvalue weighted by Gasteiger charge is 2.10. The molecule has 26 heavy (non-hydrogen) atoms. The molecule has 0 saturated carbocycles. The van der Waals surface area contributed by atoms with Crippen LogP contribution in [0, 0.1) is 6.92 Å². The minimum absolute atomic E-state index is 0.0376. The molecular weight excluding hydrogens is 352 g/mol. The lowest BCUT2D eigenvalue weighted by Gasteiger charge is -2.09. The van der Waals surface area contributed by atoms with Crippen LogP contribution >= 0.6 is 0 Å². The quantitative estimate of drug-likeness (QED) is 0.581. The van der Waals surface area contributed by atoms with Gasteiger partial charge in [0.2, 0.25) is 10.0 Å². The van der Waals surface area contributed by atoms with Crippen molar-refractivity contribution in [3.8, 4) is 5.82 Å². The van der Waals surface area contributed by atoms with Gasteiger partial charge in [0.15, 0.2) is 5.82 Å². The molecule has 2 heterocycles. The van der Waals surface area contributed by atoms with E-state index in [1.807, 2.05) is 37.4 Å². The third-order valence-corrected chi connectivity index (χ3v) is 4.92. The summed E-state index contributed by atoms with van der Waals surface area (Å²) in [4.78, 5) is 8.31. The lowest BCUT2D eigenvalue weighted by molar-refractivity contribution is 0.582. The van der Waals surface area contributed by atoms with Gasteiger partial charge in [0.25, 0.3) is 0 Å². The number of hydrogen-bond donors (Lipinski definition) is 2. The predicted octanol–water partition coefficient (Wildman–Crippen LogP) is 1.50. The number of aryl methyl sites for hydroxylation is 1. The van der Waals surface area contributed by atoms with Crippen molar-refractivity contribution in [2.75, 3.05) is 18.4 Å². The summed E-state index contributed by atoms with van der Waals surface area (Å²) < 4.78 is 28.4. The van der Waals surface area contributed by atoms with E-state index < -0.39 is 10.0 Å². The van der Waals surface area contributed by atoms with Crippen molar-refractivity contribution in [2.45, 2.75) is 12.7 Å². The van der Waals surface area contributed by atoms with Gasteiger partial charge in [-0.1, -0.05) is 30.3 Å². The molecule has 0 radical (unpaired) electrons. The highest BCUT2D eigenvalue weighted by molar-refractivity contribution is 7.88. The number of benzene rings is 1. The number of nitrogens with one attached hydrogen (secondary N) is 2. The summed E-state index contributed by atoms with van der Waals surface area (Å²) in [5.41, 5.74) is 1.65. The summed E-state index contributed by atoms with van der Waals surface area (Å²) in [7, 11) is -3.37. The topological polar surface area (TPSA) is 102 Å². The van der Waals surface area contributed by atoms with Crippen LogP contribution in [0.2, 0.25) is 0 Å². The van der Waals surface area contributed by atoms with E-state index in [-0.39, 0.29) is 12.3 Å². The summed E-state index contributed by atoms with van der Waals surface area (Å²) >= 11 is 0. The van der Waals surface area contributed by atoms with Crippen molar-refractivity contribution in [1.82, 2.24) is 24.5 Å². The van der Waals surface area contributed by atoms with E-state index in [9.17, 15) is 8.42 Å². The molecule has 1 aromatic carbocycles. The number of aromatic nitrogens is 4. The molecule has 0 spiro atoms. The van der Waals surface area contributed by atoms with Gasteiger partial charge in [-0.3, -0.25) is 0 Å². The van der Waals surface area contributed by atoms with Crippen LogP contribution in [0.1, 0.15) is 11.3 Å². The molecule has 9 heteroatoms. The van der Waals surface area contributed by atoms with E-state index in [0.717, 1.165) is 11.3 Å². The maximum Gasteiger partial charge on any atom is 0.215 e. The van der Waals surface area contributed by atoms with Gasteiger partial charge >= 0.3 is 0 Å². The summed E-state index contributed by atoms with van der Waals surface area (Å²) in [5.74, 6) is 1.20. The molecule has 0 bridgehead atoms. The predicted molar refractivity (Wildman–Crippen MR) is 99.4 cm³/mol. The Morgan fingerprint density at radius 1 is 1.08 bits per heavy atom. The number of rotatable bonds is 8. The van der Waals surface area contributed by atoms with Gasteiger partial charge in [-0.25, -0.2) is 27.8 Å². The van der Waals surface area contributed by atoms with Gasteiger partial charge in [-0.2, -0.15) is 5.10 Å². The number of sulfonamides is 1. The zero-order valence-corrected chi connectivity index (χ0v) is 15.1. The molecule has 8 nitrogen and oxygen atoms in total. The molecule has 3 rings (SSSR count). The van der Waals surface area contributed by atoms with Gasteiger partial charge < -0.3 is 5.32 Å². The van der Waals surface area contributed by atoms with E-state index in [2.05, 4.69) is 25.1 Å². The number of hydrogen-bond acceptors (Lipinski definition) is 6. The SMILES string of the molecule is Cc1ccn(-c2cc(NCCNS(=O)(=O)Cc3ccccc3)ncn2)n1. The van der Waals surface area contributed by atoms with E-state index in [1.54, 1.807) is 22.9 Å². The minimum Gasteiger partial charge on any atom is -0.369 e. The van der Waals surface area contributed by atoms with Crippen molar-refractivity contribution in [1.29, 1.82) is 0 Å². The fourth-order valence-corrected chi connectivity index (χ4v) is 3.50. The number of nitrogens with zero attached hydrogens (tertiary/aromatic N) is 4. The van der Waals surface area contributed by atoms with Crippen LogP contribution in [-0.4, -0.2) is 41.3 Å². The Labute approximate surface area is 152 Å². The summed E-state index contributed by atoms with van der Waals surface area (Å²) in [5, 5.41) is 7.38. The molecule has 3 aromatic rings. The maximum absolute atomic E-state index is 12.1. The average molecular weight is 372 g/mol. The molecule has 0 aliphatic heterocycles.